The second-order valence-electron chi connectivity index (χ2n) is 4.02. The molecule has 0 aliphatic heterocycles. The van der Waals surface area contributed by atoms with Gasteiger partial charge in [0.1, 0.15) is 5.54 Å². The minimum Gasteiger partial charge on any atom is -0.368 e. The van der Waals surface area contributed by atoms with Crippen molar-refractivity contribution in [1.82, 2.24) is 5.32 Å². The zero-order chi connectivity index (χ0) is 12.2. The van der Waals surface area contributed by atoms with Crippen molar-refractivity contribution in [3.05, 3.63) is 29.8 Å². The maximum Gasteiger partial charge on any atom is 0.251 e. The molecule has 0 bridgehead atoms. The van der Waals surface area contributed by atoms with Gasteiger partial charge in [-0.1, -0.05) is 0 Å². The maximum atomic E-state index is 11.3. The quantitative estimate of drug-likeness (QED) is 0.810. The van der Waals surface area contributed by atoms with E-state index in [0.29, 0.717) is 5.56 Å². The molecule has 0 heterocycles. The van der Waals surface area contributed by atoms with E-state index in [1.807, 2.05) is 0 Å². The van der Waals surface area contributed by atoms with Crippen LogP contribution in [0.4, 0.5) is 5.69 Å². The highest BCUT2D eigenvalue weighted by Gasteiger charge is 2.15. The normalized spacial score (nSPS) is 10.4. The van der Waals surface area contributed by atoms with Crippen molar-refractivity contribution in [2.75, 3.05) is 12.4 Å². The van der Waals surface area contributed by atoms with Gasteiger partial charge in [-0.3, -0.25) is 4.79 Å². The third kappa shape index (κ3) is 2.99. The minimum atomic E-state index is -0.617. The molecule has 1 aromatic rings. The van der Waals surface area contributed by atoms with Gasteiger partial charge in [0.25, 0.3) is 5.91 Å². The molecule has 2 N–H and O–H groups in total. The van der Waals surface area contributed by atoms with E-state index in [2.05, 4.69) is 16.7 Å². The first kappa shape index (κ1) is 12.1. The SMILES string of the molecule is CNC(=O)c1ccc(NC(C)(C)C#N)cc1. The third-order valence-electron chi connectivity index (χ3n) is 2.11. The fourth-order valence-corrected chi connectivity index (χ4v) is 1.24. The van der Waals surface area contributed by atoms with Crippen molar-refractivity contribution in [3.8, 4) is 6.07 Å². The van der Waals surface area contributed by atoms with E-state index in [1.165, 1.54) is 0 Å². The van der Waals surface area contributed by atoms with Crippen LogP contribution in [0.25, 0.3) is 0 Å². The Morgan fingerprint density at radius 1 is 1.31 bits per heavy atom. The lowest BCUT2D eigenvalue weighted by Crippen LogP contribution is -2.28. The highest BCUT2D eigenvalue weighted by Crippen LogP contribution is 2.15. The molecule has 0 aliphatic rings. The topological polar surface area (TPSA) is 64.9 Å². The molecule has 4 heteroatoms. The number of hydrogen-bond donors (Lipinski definition) is 2. The maximum absolute atomic E-state index is 11.3. The number of nitrogens with zero attached hydrogens (tertiary/aromatic N) is 1. The second-order valence-corrected chi connectivity index (χ2v) is 4.02. The average molecular weight is 217 g/mol. The van der Waals surface area contributed by atoms with E-state index >= 15 is 0 Å². The number of rotatable bonds is 3. The van der Waals surface area contributed by atoms with Gasteiger partial charge < -0.3 is 10.6 Å². The Hall–Kier alpha value is -2.02. The van der Waals surface area contributed by atoms with E-state index in [-0.39, 0.29) is 5.91 Å². The van der Waals surface area contributed by atoms with Gasteiger partial charge in [0.05, 0.1) is 6.07 Å². The summed E-state index contributed by atoms with van der Waals surface area (Å²) < 4.78 is 0. The Morgan fingerprint density at radius 3 is 2.31 bits per heavy atom. The van der Waals surface area contributed by atoms with Crippen molar-refractivity contribution in [2.45, 2.75) is 19.4 Å². The summed E-state index contributed by atoms with van der Waals surface area (Å²) in [5.41, 5.74) is 0.802. The second kappa shape index (κ2) is 4.67. The van der Waals surface area contributed by atoms with Crippen LogP contribution in [-0.2, 0) is 0 Å². The summed E-state index contributed by atoms with van der Waals surface area (Å²) >= 11 is 0. The number of carbonyl (C=O) groups excluding carboxylic acids is 1. The molecule has 1 amide bonds. The van der Waals surface area contributed by atoms with Crippen molar-refractivity contribution >= 4 is 11.6 Å². The lowest BCUT2D eigenvalue weighted by Gasteiger charge is -2.19. The number of nitriles is 1. The first-order valence-corrected chi connectivity index (χ1v) is 5.00. The van der Waals surface area contributed by atoms with Crippen LogP contribution in [0, 0.1) is 11.3 Å². The number of amides is 1. The Balaban J connectivity index is 2.81. The molecule has 0 aliphatic carbocycles. The Bertz CT molecular complexity index is 415. The fourth-order valence-electron chi connectivity index (χ4n) is 1.24. The molecular formula is C12H15N3O. The fraction of sp³-hybridized carbons (Fsp3) is 0.333. The summed E-state index contributed by atoms with van der Waals surface area (Å²) in [4.78, 5) is 11.3. The predicted molar refractivity (Wildman–Crippen MR) is 63.1 cm³/mol. The van der Waals surface area contributed by atoms with E-state index in [4.69, 9.17) is 5.26 Å². The molecule has 84 valence electrons. The van der Waals surface area contributed by atoms with Crippen LogP contribution in [0.2, 0.25) is 0 Å². The van der Waals surface area contributed by atoms with E-state index in [1.54, 1.807) is 45.2 Å². The lowest BCUT2D eigenvalue weighted by molar-refractivity contribution is 0.0963. The molecule has 1 rings (SSSR count). The largest absolute Gasteiger partial charge is 0.368 e. The van der Waals surface area contributed by atoms with E-state index < -0.39 is 5.54 Å². The van der Waals surface area contributed by atoms with Crippen molar-refractivity contribution in [1.29, 1.82) is 5.26 Å². The first-order valence-electron chi connectivity index (χ1n) is 5.00. The Labute approximate surface area is 95.3 Å². The van der Waals surface area contributed by atoms with Gasteiger partial charge in [-0.05, 0) is 38.1 Å². The number of anilines is 1. The third-order valence-corrected chi connectivity index (χ3v) is 2.11. The molecule has 0 fully saturated rings. The molecule has 0 saturated heterocycles. The van der Waals surface area contributed by atoms with Gasteiger partial charge >= 0.3 is 0 Å². The molecule has 0 unspecified atom stereocenters. The van der Waals surface area contributed by atoms with E-state index in [0.717, 1.165) is 5.69 Å². The summed E-state index contributed by atoms with van der Waals surface area (Å²) in [5, 5.41) is 14.5. The molecule has 1 aromatic carbocycles. The first-order chi connectivity index (χ1) is 7.48. The number of nitrogens with one attached hydrogen (secondary N) is 2. The zero-order valence-corrected chi connectivity index (χ0v) is 9.66. The standard InChI is InChI=1S/C12H15N3O/c1-12(2,8-13)15-10-6-4-9(5-7-10)11(16)14-3/h4-7,15H,1-3H3,(H,14,16). The van der Waals surface area contributed by atoms with Crippen LogP contribution in [0.3, 0.4) is 0 Å². The van der Waals surface area contributed by atoms with Gasteiger partial charge in [0.2, 0.25) is 0 Å². The molecule has 0 spiro atoms. The highest BCUT2D eigenvalue weighted by molar-refractivity contribution is 5.94. The van der Waals surface area contributed by atoms with Crippen LogP contribution in [0.1, 0.15) is 24.2 Å². The van der Waals surface area contributed by atoms with Gasteiger partial charge in [-0.25, -0.2) is 0 Å². The van der Waals surface area contributed by atoms with Crippen LogP contribution in [0.5, 0.6) is 0 Å². The molecule has 0 radical (unpaired) electrons. The Kier molecular flexibility index (Phi) is 3.51. The lowest BCUT2D eigenvalue weighted by atomic mass is 10.1. The monoisotopic (exact) mass is 217 g/mol. The Morgan fingerprint density at radius 2 is 1.88 bits per heavy atom. The van der Waals surface area contributed by atoms with Gasteiger partial charge in [-0.15, -0.1) is 0 Å². The van der Waals surface area contributed by atoms with E-state index in [9.17, 15) is 4.79 Å². The van der Waals surface area contributed by atoms with Crippen LogP contribution in [0.15, 0.2) is 24.3 Å². The van der Waals surface area contributed by atoms with Crippen LogP contribution in [-0.4, -0.2) is 18.5 Å². The summed E-state index contributed by atoms with van der Waals surface area (Å²) in [6.45, 7) is 3.58. The van der Waals surface area contributed by atoms with Crippen molar-refractivity contribution in [3.63, 3.8) is 0 Å². The summed E-state index contributed by atoms with van der Waals surface area (Å²) in [7, 11) is 1.59. The number of carbonyl (C=O) groups is 1. The van der Waals surface area contributed by atoms with Crippen LogP contribution >= 0.6 is 0 Å². The number of hydrogen-bond acceptors (Lipinski definition) is 3. The molecule has 4 nitrogen and oxygen atoms in total. The smallest absolute Gasteiger partial charge is 0.251 e. The zero-order valence-electron chi connectivity index (χ0n) is 9.66. The van der Waals surface area contributed by atoms with Crippen molar-refractivity contribution < 1.29 is 4.79 Å². The number of benzene rings is 1. The van der Waals surface area contributed by atoms with Crippen molar-refractivity contribution in [2.24, 2.45) is 0 Å². The predicted octanol–water partition coefficient (Wildman–Crippen LogP) is 1.76. The molecule has 16 heavy (non-hydrogen) atoms. The minimum absolute atomic E-state index is 0.119. The van der Waals surface area contributed by atoms with Gasteiger partial charge in [-0.2, -0.15) is 5.26 Å². The average Bonchev–Trinajstić information content (AvgIpc) is 2.28. The summed E-state index contributed by atoms with van der Waals surface area (Å²) in [5.74, 6) is -0.119. The molecular weight excluding hydrogens is 202 g/mol. The molecule has 0 atom stereocenters. The van der Waals surface area contributed by atoms with Gasteiger partial charge in [0, 0.05) is 18.3 Å². The van der Waals surface area contributed by atoms with Crippen LogP contribution < -0.4 is 10.6 Å². The summed E-state index contributed by atoms with van der Waals surface area (Å²) in [6, 6.07) is 9.14. The molecule has 0 aromatic heterocycles. The summed E-state index contributed by atoms with van der Waals surface area (Å²) in [6.07, 6.45) is 0. The molecule has 0 saturated carbocycles. The highest BCUT2D eigenvalue weighted by atomic mass is 16.1. The van der Waals surface area contributed by atoms with Gasteiger partial charge in [0.15, 0.2) is 0 Å².